The van der Waals surface area contributed by atoms with E-state index >= 15 is 0 Å². The third-order valence-corrected chi connectivity index (χ3v) is 1.72. The van der Waals surface area contributed by atoms with E-state index in [0.29, 0.717) is 6.42 Å². The highest BCUT2D eigenvalue weighted by Crippen LogP contribution is 1.98. The first-order valence-electron chi connectivity index (χ1n) is 4.95. The van der Waals surface area contributed by atoms with Crippen molar-refractivity contribution in [3.8, 4) is 11.8 Å². The summed E-state index contributed by atoms with van der Waals surface area (Å²) in [5.41, 5.74) is 0. The Labute approximate surface area is 80.3 Å². The van der Waals surface area contributed by atoms with Gasteiger partial charge < -0.3 is 5.11 Å². The van der Waals surface area contributed by atoms with E-state index in [2.05, 4.69) is 18.8 Å². The molecule has 2 nitrogen and oxygen atoms in total. The fourth-order valence-corrected chi connectivity index (χ4v) is 0.968. The van der Waals surface area contributed by atoms with Crippen LogP contribution < -0.4 is 0 Å². The van der Waals surface area contributed by atoms with E-state index in [1.54, 1.807) is 0 Å². The van der Waals surface area contributed by atoms with Crippen molar-refractivity contribution in [3.63, 3.8) is 0 Å². The molecule has 2 heteroatoms. The summed E-state index contributed by atoms with van der Waals surface area (Å²) < 4.78 is 0. The molecule has 13 heavy (non-hydrogen) atoms. The highest BCUT2D eigenvalue weighted by molar-refractivity contribution is 5.66. The van der Waals surface area contributed by atoms with E-state index in [4.69, 9.17) is 5.11 Å². The number of carbonyl (C=O) groups is 1. The molecular formula is C11H18O2. The Morgan fingerprint density at radius 1 is 1.15 bits per heavy atom. The normalized spacial score (nSPS) is 9.00. The average Bonchev–Trinajstić information content (AvgIpc) is 2.09. The van der Waals surface area contributed by atoms with Gasteiger partial charge in [0.25, 0.3) is 0 Å². The van der Waals surface area contributed by atoms with Crippen molar-refractivity contribution >= 4 is 5.97 Å². The van der Waals surface area contributed by atoms with Crippen LogP contribution in [0.25, 0.3) is 0 Å². The van der Waals surface area contributed by atoms with Crippen LogP contribution in [0.1, 0.15) is 51.9 Å². The predicted octanol–water partition coefficient (Wildman–Crippen LogP) is 2.83. The fraction of sp³-hybridized carbons (Fsp3) is 0.727. The Morgan fingerprint density at radius 2 is 1.77 bits per heavy atom. The Kier molecular flexibility index (Phi) is 8.44. The number of carboxylic acid groups (broad SMARTS) is 1. The van der Waals surface area contributed by atoms with Gasteiger partial charge in [-0.1, -0.05) is 19.8 Å². The Morgan fingerprint density at radius 3 is 2.31 bits per heavy atom. The van der Waals surface area contributed by atoms with Gasteiger partial charge in [0.1, 0.15) is 0 Å². The molecule has 0 fully saturated rings. The van der Waals surface area contributed by atoms with Crippen LogP contribution in [0.2, 0.25) is 0 Å². The van der Waals surface area contributed by atoms with E-state index in [0.717, 1.165) is 12.8 Å². The fourth-order valence-electron chi connectivity index (χ4n) is 0.968. The molecule has 0 aromatic heterocycles. The lowest BCUT2D eigenvalue weighted by Crippen LogP contribution is -1.92. The van der Waals surface area contributed by atoms with Crippen molar-refractivity contribution in [2.45, 2.75) is 51.9 Å². The molecule has 0 unspecified atom stereocenters. The standard InChI is InChI=1S/C11H18O2/c1-2-3-4-5-6-7-8-9-10-11(12)13/h2-5,8-10H2,1H3,(H,12,13). The number of unbranched alkanes of at least 4 members (excludes halogenated alkanes) is 4. The summed E-state index contributed by atoms with van der Waals surface area (Å²) in [6.07, 6.45) is 6.23. The highest BCUT2D eigenvalue weighted by Gasteiger charge is 1.92. The van der Waals surface area contributed by atoms with Crippen LogP contribution in [-0.2, 0) is 4.79 Å². The molecule has 0 amide bonds. The zero-order valence-electron chi connectivity index (χ0n) is 8.31. The van der Waals surface area contributed by atoms with Crippen molar-refractivity contribution in [2.75, 3.05) is 0 Å². The minimum atomic E-state index is -0.729. The van der Waals surface area contributed by atoms with E-state index < -0.39 is 5.97 Å². The molecule has 0 heterocycles. The first-order chi connectivity index (χ1) is 6.27. The highest BCUT2D eigenvalue weighted by atomic mass is 16.4. The van der Waals surface area contributed by atoms with Gasteiger partial charge in [0.05, 0.1) is 0 Å². The smallest absolute Gasteiger partial charge is 0.303 e. The lowest BCUT2D eigenvalue weighted by Gasteiger charge is -1.89. The second-order valence-electron chi connectivity index (χ2n) is 3.06. The van der Waals surface area contributed by atoms with Gasteiger partial charge in [-0.05, 0) is 12.8 Å². The number of carboxylic acids is 1. The number of hydrogen-bond donors (Lipinski definition) is 1. The van der Waals surface area contributed by atoms with E-state index in [1.807, 2.05) is 0 Å². The van der Waals surface area contributed by atoms with Crippen molar-refractivity contribution in [2.24, 2.45) is 0 Å². The molecule has 0 rings (SSSR count). The van der Waals surface area contributed by atoms with Crippen LogP contribution >= 0.6 is 0 Å². The Bertz CT molecular complexity index is 186. The van der Waals surface area contributed by atoms with Crippen LogP contribution in [0.4, 0.5) is 0 Å². The minimum absolute atomic E-state index is 0.240. The molecule has 74 valence electrons. The number of aliphatic carboxylic acids is 1. The van der Waals surface area contributed by atoms with Crippen LogP contribution in [-0.4, -0.2) is 11.1 Å². The summed E-state index contributed by atoms with van der Waals surface area (Å²) in [4.78, 5) is 10.1. The van der Waals surface area contributed by atoms with Crippen LogP contribution in [0.5, 0.6) is 0 Å². The van der Waals surface area contributed by atoms with Crippen molar-refractivity contribution in [1.82, 2.24) is 0 Å². The van der Waals surface area contributed by atoms with Gasteiger partial charge in [-0.15, -0.1) is 11.8 Å². The van der Waals surface area contributed by atoms with Crippen LogP contribution in [0, 0.1) is 11.8 Å². The summed E-state index contributed by atoms with van der Waals surface area (Å²) in [7, 11) is 0. The largest absolute Gasteiger partial charge is 0.481 e. The molecular weight excluding hydrogens is 164 g/mol. The molecule has 0 bridgehead atoms. The molecule has 0 aliphatic heterocycles. The lowest BCUT2D eigenvalue weighted by molar-refractivity contribution is -0.137. The van der Waals surface area contributed by atoms with Crippen molar-refractivity contribution < 1.29 is 9.90 Å². The van der Waals surface area contributed by atoms with Crippen LogP contribution in [0.15, 0.2) is 0 Å². The maximum Gasteiger partial charge on any atom is 0.303 e. The van der Waals surface area contributed by atoms with Gasteiger partial charge >= 0.3 is 5.97 Å². The van der Waals surface area contributed by atoms with Gasteiger partial charge in [0, 0.05) is 19.3 Å². The molecule has 0 spiro atoms. The van der Waals surface area contributed by atoms with E-state index in [9.17, 15) is 4.79 Å². The molecule has 1 N–H and O–H groups in total. The molecule has 0 aromatic carbocycles. The second kappa shape index (κ2) is 9.12. The maximum atomic E-state index is 10.1. The van der Waals surface area contributed by atoms with Gasteiger partial charge in [0.2, 0.25) is 0 Å². The molecule has 0 atom stereocenters. The third kappa shape index (κ3) is 11.0. The van der Waals surface area contributed by atoms with Crippen molar-refractivity contribution in [1.29, 1.82) is 0 Å². The maximum absolute atomic E-state index is 10.1. The zero-order valence-corrected chi connectivity index (χ0v) is 8.31. The van der Waals surface area contributed by atoms with E-state index in [1.165, 1.54) is 19.3 Å². The first-order valence-corrected chi connectivity index (χ1v) is 4.95. The third-order valence-electron chi connectivity index (χ3n) is 1.72. The van der Waals surface area contributed by atoms with Gasteiger partial charge in [-0.2, -0.15) is 0 Å². The van der Waals surface area contributed by atoms with Crippen molar-refractivity contribution in [3.05, 3.63) is 0 Å². The molecule has 0 aromatic rings. The lowest BCUT2D eigenvalue weighted by atomic mass is 10.2. The molecule has 0 saturated carbocycles. The zero-order chi connectivity index (χ0) is 9.94. The summed E-state index contributed by atoms with van der Waals surface area (Å²) in [6, 6.07) is 0. The Balaban J connectivity index is 3.15. The monoisotopic (exact) mass is 182 g/mol. The quantitative estimate of drug-likeness (QED) is 0.506. The summed E-state index contributed by atoms with van der Waals surface area (Å²) in [5, 5.41) is 8.34. The molecule has 0 radical (unpaired) electrons. The molecule has 0 saturated heterocycles. The topological polar surface area (TPSA) is 37.3 Å². The number of rotatable bonds is 6. The predicted molar refractivity (Wildman–Crippen MR) is 53.4 cm³/mol. The van der Waals surface area contributed by atoms with E-state index in [-0.39, 0.29) is 6.42 Å². The molecule has 0 aliphatic carbocycles. The Hall–Kier alpha value is -0.970. The first kappa shape index (κ1) is 12.0. The van der Waals surface area contributed by atoms with Gasteiger partial charge in [-0.25, -0.2) is 0 Å². The summed E-state index contributed by atoms with van der Waals surface area (Å²) in [6.45, 7) is 2.17. The van der Waals surface area contributed by atoms with Gasteiger partial charge in [-0.3, -0.25) is 4.79 Å². The minimum Gasteiger partial charge on any atom is -0.481 e. The average molecular weight is 182 g/mol. The SMILES string of the molecule is CCCCCC#CCCCC(=O)O. The molecule has 0 aliphatic rings. The van der Waals surface area contributed by atoms with Crippen LogP contribution in [0.3, 0.4) is 0 Å². The summed E-state index contributed by atoms with van der Waals surface area (Å²) in [5.74, 6) is 5.31. The van der Waals surface area contributed by atoms with Gasteiger partial charge in [0.15, 0.2) is 0 Å². The summed E-state index contributed by atoms with van der Waals surface area (Å²) >= 11 is 0. The number of hydrogen-bond acceptors (Lipinski definition) is 1. The second-order valence-corrected chi connectivity index (χ2v) is 3.06.